The number of rotatable bonds is 4. The quantitative estimate of drug-likeness (QED) is 0.788. The molecule has 1 aromatic heterocycles. The minimum atomic E-state index is -0.323. The van der Waals surface area contributed by atoms with E-state index in [-0.39, 0.29) is 24.4 Å². The van der Waals surface area contributed by atoms with Gasteiger partial charge in [-0.1, -0.05) is 19.6 Å². The summed E-state index contributed by atoms with van der Waals surface area (Å²) in [6, 6.07) is 0. The summed E-state index contributed by atoms with van der Waals surface area (Å²) >= 11 is 0. The highest BCUT2D eigenvalue weighted by molar-refractivity contribution is 6.54. The van der Waals surface area contributed by atoms with E-state index in [1.54, 1.807) is 0 Å². The van der Waals surface area contributed by atoms with Gasteiger partial charge in [0.05, 0.1) is 24.0 Å². The molecular weight excluding hydrogens is 303 g/mol. The molecule has 1 aromatic rings. The van der Waals surface area contributed by atoms with E-state index in [2.05, 4.69) is 52.4 Å². The highest BCUT2D eigenvalue weighted by Crippen LogP contribution is 2.40. The van der Waals surface area contributed by atoms with Crippen molar-refractivity contribution in [3.8, 4) is 0 Å². The fourth-order valence-corrected chi connectivity index (χ4v) is 2.83. The molecule has 6 heteroatoms. The molecule has 2 aliphatic rings. The first-order valence-corrected chi connectivity index (χ1v) is 8.64. The van der Waals surface area contributed by atoms with Gasteiger partial charge in [0, 0.05) is 17.5 Å². The average Bonchev–Trinajstić information content (AvgIpc) is 3.10. The standard InChI is InChI=1S/C18H27BN2O3/c1-7-13(2)21-12-14(11-20-21)16-10-15(8-9-22-16)19-23-17(3,4)18(5,6)24-19/h10-12,16H,2,7-9H2,1,3-6H3. The summed E-state index contributed by atoms with van der Waals surface area (Å²) in [5.74, 6) is 0. The van der Waals surface area contributed by atoms with Gasteiger partial charge in [0.2, 0.25) is 0 Å². The molecule has 1 atom stereocenters. The number of allylic oxidation sites excluding steroid dienone is 1. The number of hydrogen-bond acceptors (Lipinski definition) is 4. The van der Waals surface area contributed by atoms with Crippen LogP contribution in [0.1, 0.15) is 59.1 Å². The first-order valence-electron chi connectivity index (χ1n) is 8.64. The first-order chi connectivity index (χ1) is 11.2. The van der Waals surface area contributed by atoms with Crippen LogP contribution in [0.4, 0.5) is 0 Å². The molecule has 1 fully saturated rings. The lowest BCUT2D eigenvalue weighted by Gasteiger charge is -2.32. The number of hydrogen-bond donors (Lipinski definition) is 0. The summed E-state index contributed by atoms with van der Waals surface area (Å²) in [5.41, 5.74) is 2.49. The summed E-state index contributed by atoms with van der Waals surface area (Å²) in [5, 5.41) is 4.38. The predicted octanol–water partition coefficient (Wildman–Crippen LogP) is 3.78. The maximum atomic E-state index is 6.17. The molecule has 0 radical (unpaired) electrons. The van der Waals surface area contributed by atoms with Crippen LogP contribution in [0, 0.1) is 0 Å². The summed E-state index contributed by atoms with van der Waals surface area (Å²) in [6.45, 7) is 15.0. The third-order valence-electron chi connectivity index (χ3n) is 5.27. The molecule has 1 saturated heterocycles. The minimum Gasteiger partial charge on any atom is -0.400 e. The number of nitrogens with zero attached hydrogens (tertiary/aromatic N) is 2. The van der Waals surface area contributed by atoms with Gasteiger partial charge in [-0.05, 0) is 46.0 Å². The maximum absolute atomic E-state index is 6.17. The van der Waals surface area contributed by atoms with Gasteiger partial charge in [-0.3, -0.25) is 0 Å². The van der Waals surface area contributed by atoms with Crippen molar-refractivity contribution in [3.63, 3.8) is 0 Å². The van der Waals surface area contributed by atoms with Crippen LogP contribution in [0.5, 0.6) is 0 Å². The molecule has 3 heterocycles. The Bertz CT molecular complexity index is 647. The van der Waals surface area contributed by atoms with Crippen molar-refractivity contribution >= 4 is 12.8 Å². The molecule has 130 valence electrons. The van der Waals surface area contributed by atoms with Gasteiger partial charge in [0.15, 0.2) is 0 Å². The molecule has 0 spiro atoms. The van der Waals surface area contributed by atoms with Gasteiger partial charge in [0.1, 0.15) is 6.10 Å². The van der Waals surface area contributed by atoms with Gasteiger partial charge in [-0.15, -0.1) is 0 Å². The predicted molar refractivity (Wildman–Crippen MR) is 95.3 cm³/mol. The smallest absolute Gasteiger partial charge is 0.400 e. The Labute approximate surface area is 144 Å². The molecular formula is C18H27BN2O3. The van der Waals surface area contributed by atoms with E-state index in [9.17, 15) is 0 Å². The highest BCUT2D eigenvalue weighted by Gasteiger charge is 2.52. The van der Waals surface area contributed by atoms with Crippen LogP contribution in [0.2, 0.25) is 0 Å². The topological polar surface area (TPSA) is 45.5 Å². The number of ether oxygens (including phenoxy) is 1. The molecule has 0 bridgehead atoms. The summed E-state index contributed by atoms with van der Waals surface area (Å²) in [4.78, 5) is 0. The Morgan fingerprint density at radius 1 is 1.33 bits per heavy atom. The van der Waals surface area contributed by atoms with E-state index in [4.69, 9.17) is 14.0 Å². The van der Waals surface area contributed by atoms with Crippen molar-refractivity contribution in [1.82, 2.24) is 9.78 Å². The highest BCUT2D eigenvalue weighted by atomic mass is 16.7. The zero-order chi connectivity index (χ0) is 17.5. The Morgan fingerprint density at radius 2 is 2.00 bits per heavy atom. The summed E-state index contributed by atoms with van der Waals surface area (Å²) < 4.78 is 20.1. The second-order valence-corrected chi connectivity index (χ2v) is 7.51. The third-order valence-corrected chi connectivity index (χ3v) is 5.27. The SMILES string of the molecule is C=C(CC)n1cc(C2C=C(B3OC(C)(C)C(C)(C)O3)CCO2)cn1. The molecule has 0 N–H and O–H groups in total. The van der Waals surface area contributed by atoms with Gasteiger partial charge < -0.3 is 14.0 Å². The van der Waals surface area contributed by atoms with E-state index in [1.165, 1.54) is 0 Å². The number of aromatic nitrogens is 2. The summed E-state index contributed by atoms with van der Waals surface area (Å²) in [7, 11) is -0.304. The van der Waals surface area contributed by atoms with Crippen molar-refractivity contribution < 1.29 is 14.0 Å². The normalized spacial score (nSPS) is 25.6. The van der Waals surface area contributed by atoms with E-state index >= 15 is 0 Å². The monoisotopic (exact) mass is 330 g/mol. The van der Waals surface area contributed by atoms with Crippen LogP contribution in [0.25, 0.3) is 5.70 Å². The van der Waals surface area contributed by atoms with Gasteiger partial charge in [-0.25, -0.2) is 4.68 Å². The lowest BCUT2D eigenvalue weighted by molar-refractivity contribution is 0.00578. The van der Waals surface area contributed by atoms with Crippen LogP contribution < -0.4 is 0 Å². The van der Waals surface area contributed by atoms with Crippen molar-refractivity contribution in [2.75, 3.05) is 6.61 Å². The Kier molecular flexibility index (Phi) is 4.49. The van der Waals surface area contributed by atoms with Gasteiger partial charge >= 0.3 is 7.12 Å². The average molecular weight is 330 g/mol. The van der Waals surface area contributed by atoms with Crippen molar-refractivity contribution in [2.24, 2.45) is 0 Å². The molecule has 0 amide bonds. The lowest BCUT2D eigenvalue weighted by Crippen LogP contribution is -2.41. The van der Waals surface area contributed by atoms with E-state index in [1.807, 2.05) is 17.1 Å². The zero-order valence-corrected chi connectivity index (χ0v) is 15.3. The van der Waals surface area contributed by atoms with Gasteiger partial charge in [-0.2, -0.15) is 5.10 Å². The van der Waals surface area contributed by atoms with Crippen LogP contribution in [-0.2, 0) is 14.0 Å². The van der Waals surface area contributed by atoms with Gasteiger partial charge in [0.25, 0.3) is 0 Å². The maximum Gasteiger partial charge on any atom is 0.490 e. The molecule has 0 saturated carbocycles. The van der Waals surface area contributed by atoms with Crippen molar-refractivity contribution in [2.45, 2.75) is 64.8 Å². The van der Waals surface area contributed by atoms with Crippen molar-refractivity contribution in [3.05, 3.63) is 36.1 Å². The van der Waals surface area contributed by atoms with Crippen LogP contribution >= 0.6 is 0 Å². The molecule has 24 heavy (non-hydrogen) atoms. The minimum absolute atomic E-state index is 0.119. The van der Waals surface area contributed by atoms with E-state index in [0.717, 1.165) is 29.6 Å². The molecule has 5 nitrogen and oxygen atoms in total. The Morgan fingerprint density at radius 3 is 2.62 bits per heavy atom. The molecule has 3 rings (SSSR count). The zero-order valence-electron chi connectivity index (χ0n) is 15.3. The van der Waals surface area contributed by atoms with Crippen LogP contribution in [0.15, 0.2) is 30.5 Å². The van der Waals surface area contributed by atoms with Crippen LogP contribution in [0.3, 0.4) is 0 Å². The van der Waals surface area contributed by atoms with E-state index in [0.29, 0.717) is 6.61 Å². The molecule has 0 aromatic carbocycles. The van der Waals surface area contributed by atoms with Crippen molar-refractivity contribution in [1.29, 1.82) is 0 Å². The molecule has 0 aliphatic carbocycles. The lowest BCUT2D eigenvalue weighted by atomic mass is 9.74. The Balaban J connectivity index is 1.79. The fourth-order valence-electron chi connectivity index (χ4n) is 2.83. The van der Waals surface area contributed by atoms with E-state index < -0.39 is 0 Å². The molecule has 2 aliphatic heterocycles. The second-order valence-electron chi connectivity index (χ2n) is 7.51. The Hall–Kier alpha value is -1.37. The molecule has 1 unspecified atom stereocenters. The first kappa shape index (κ1) is 17.5. The van der Waals surface area contributed by atoms with Crippen LogP contribution in [-0.4, -0.2) is 34.7 Å². The fraction of sp³-hybridized carbons (Fsp3) is 0.611. The second kappa shape index (κ2) is 6.17. The summed E-state index contributed by atoms with van der Waals surface area (Å²) in [6.07, 6.45) is 7.51. The largest absolute Gasteiger partial charge is 0.490 e. The third kappa shape index (κ3) is 3.10.